The van der Waals surface area contributed by atoms with Crippen LogP contribution in [0.2, 0.25) is 0 Å². The molecule has 0 bridgehead atoms. The average molecular weight is 398 g/mol. The Morgan fingerprint density at radius 3 is 1.93 bits per heavy atom. The van der Waals surface area contributed by atoms with E-state index in [0.29, 0.717) is 0 Å². The van der Waals surface area contributed by atoms with Crippen LogP contribution in [0.3, 0.4) is 0 Å². The molecule has 0 saturated carbocycles. The van der Waals surface area contributed by atoms with E-state index in [4.69, 9.17) is 0 Å². The highest BCUT2D eigenvalue weighted by molar-refractivity contribution is 5.83. The van der Waals surface area contributed by atoms with Crippen molar-refractivity contribution in [3.63, 3.8) is 0 Å². The number of aryl methyl sites for hydroxylation is 2. The highest BCUT2D eigenvalue weighted by Gasteiger charge is 2.35. The molecule has 0 aliphatic heterocycles. The first kappa shape index (κ1) is 21.9. The van der Waals surface area contributed by atoms with E-state index in [1.807, 2.05) is 0 Å². The fourth-order valence-corrected chi connectivity index (χ4v) is 4.07. The van der Waals surface area contributed by atoms with E-state index in [1.165, 1.54) is 46.2 Å². The van der Waals surface area contributed by atoms with Crippen molar-refractivity contribution in [2.24, 2.45) is 0 Å². The number of unbranched alkanes of at least 4 members (excludes halogenated alkanes) is 1. The standard InChI is InChI=1S/C23H23N.C6H12/c1-15-5-8-17(9-6-15)24-18-10-12-20-19-11-7-16(2)13-21(19)23(3,4)22(20)14-18;1-3-5-6-4-2/h5-14,24H,1-4H3;3,5H,4,6H2,1-2H3/b;5-3-. The Morgan fingerprint density at radius 1 is 0.767 bits per heavy atom. The van der Waals surface area contributed by atoms with E-state index < -0.39 is 0 Å². The summed E-state index contributed by atoms with van der Waals surface area (Å²) in [5.74, 6) is 0. The summed E-state index contributed by atoms with van der Waals surface area (Å²) in [6.07, 6.45) is 6.77. The van der Waals surface area contributed by atoms with Gasteiger partial charge in [0.1, 0.15) is 0 Å². The molecule has 156 valence electrons. The molecule has 0 heterocycles. The van der Waals surface area contributed by atoms with Crippen LogP contribution in [0.4, 0.5) is 11.4 Å². The van der Waals surface area contributed by atoms with Gasteiger partial charge >= 0.3 is 0 Å². The van der Waals surface area contributed by atoms with Gasteiger partial charge in [0.2, 0.25) is 0 Å². The van der Waals surface area contributed by atoms with Crippen LogP contribution in [-0.4, -0.2) is 0 Å². The predicted molar refractivity (Wildman–Crippen MR) is 133 cm³/mol. The lowest BCUT2D eigenvalue weighted by Crippen LogP contribution is -2.15. The molecule has 0 amide bonds. The third-order valence-electron chi connectivity index (χ3n) is 5.86. The second kappa shape index (κ2) is 9.34. The summed E-state index contributed by atoms with van der Waals surface area (Å²) < 4.78 is 0. The largest absolute Gasteiger partial charge is 0.356 e. The maximum atomic E-state index is 3.54. The lowest BCUT2D eigenvalue weighted by atomic mass is 9.82. The predicted octanol–water partition coefficient (Wildman–Crippen LogP) is 8.72. The molecular weight excluding hydrogens is 362 g/mol. The molecule has 0 aromatic heterocycles. The highest BCUT2D eigenvalue weighted by atomic mass is 14.9. The summed E-state index contributed by atoms with van der Waals surface area (Å²) in [5, 5.41) is 3.54. The van der Waals surface area contributed by atoms with E-state index in [9.17, 15) is 0 Å². The van der Waals surface area contributed by atoms with Crippen molar-refractivity contribution in [2.45, 2.75) is 59.8 Å². The molecule has 30 heavy (non-hydrogen) atoms. The van der Waals surface area contributed by atoms with Crippen LogP contribution in [0.25, 0.3) is 11.1 Å². The summed E-state index contributed by atoms with van der Waals surface area (Å²) in [7, 11) is 0. The molecule has 1 heteroatoms. The fourth-order valence-electron chi connectivity index (χ4n) is 4.07. The maximum absolute atomic E-state index is 3.54. The van der Waals surface area contributed by atoms with Gasteiger partial charge in [-0.25, -0.2) is 0 Å². The summed E-state index contributed by atoms with van der Waals surface area (Å²) in [4.78, 5) is 0. The SMILES string of the molecule is C/C=C\CCC.Cc1ccc(Nc2ccc3c(c2)C(C)(C)c2cc(C)ccc2-3)cc1. The third kappa shape index (κ3) is 4.67. The molecule has 0 unspecified atom stereocenters. The molecule has 1 aliphatic carbocycles. The van der Waals surface area contributed by atoms with Gasteiger partial charge in [0.15, 0.2) is 0 Å². The number of fused-ring (bicyclic) bond motifs is 3. The molecule has 1 aliphatic rings. The third-order valence-corrected chi connectivity index (χ3v) is 5.86. The van der Waals surface area contributed by atoms with E-state index in [2.05, 4.69) is 120 Å². The molecule has 1 nitrogen and oxygen atoms in total. The van der Waals surface area contributed by atoms with Gasteiger partial charge in [-0.1, -0.05) is 86.9 Å². The molecule has 4 rings (SSSR count). The van der Waals surface area contributed by atoms with Crippen LogP contribution >= 0.6 is 0 Å². The Kier molecular flexibility index (Phi) is 6.82. The Balaban J connectivity index is 0.000000377. The molecule has 0 radical (unpaired) electrons. The van der Waals surface area contributed by atoms with Gasteiger partial charge in [-0.15, -0.1) is 0 Å². The van der Waals surface area contributed by atoms with Gasteiger partial charge in [-0.2, -0.15) is 0 Å². The van der Waals surface area contributed by atoms with Crippen molar-refractivity contribution >= 4 is 11.4 Å². The topological polar surface area (TPSA) is 12.0 Å². The zero-order chi connectivity index (χ0) is 21.7. The molecule has 1 N–H and O–H groups in total. The summed E-state index contributed by atoms with van der Waals surface area (Å²) in [6, 6.07) is 22.1. The van der Waals surface area contributed by atoms with Crippen LogP contribution < -0.4 is 5.32 Å². The van der Waals surface area contributed by atoms with E-state index >= 15 is 0 Å². The average Bonchev–Trinajstić information content (AvgIpc) is 2.95. The Labute approximate surface area is 182 Å². The molecule has 0 atom stereocenters. The minimum absolute atomic E-state index is 0.0433. The van der Waals surface area contributed by atoms with Gasteiger partial charge in [0, 0.05) is 16.8 Å². The monoisotopic (exact) mass is 397 g/mol. The van der Waals surface area contributed by atoms with Gasteiger partial charge in [0.05, 0.1) is 0 Å². The minimum Gasteiger partial charge on any atom is -0.356 e. The zero-order valence-electron chi connectivity index (χ0n) is 19.3. The van der Waals surface area contributed by atoms with E-state index in [0.717, 1.165) is 11.4 Å². The Bertz CT molecular complexity index is 1020. The van der Waals surface area contributed by atoms with Crippen molar-refractivity contribution in [1.82, 2.24) is 0 Å². The number of rotatable bonds is 4. The van der Waals surface area contributed by atoms with Crippen molar-refractivity contribution in [2.75, 3.05) is 5.32 Å². The molecule has 3 aromatic carbocycles. The van der Waals surface area contributed by atoms with Crippen LogP contribution in [-0.2, 0) is 5.41 Å². The van der Waals surface area contributed by atoms with Gasteiger partial charge in [-0.05, 0) is 73.7 Å². The van der Waals surface area contributed by atoms with E-state index in [1.54, 1.807) is 0 Å². The molecule has 0 fully saturated rings. The molecular formula is C29H35N. The number of hydrogen-bond donors (Lipinski definition) is 1. The van der Waals surface area contributed by atoms with Crippen molar-refractivity contribution in [3.8, 4) is 11.1 Å². The quantitative estimate of drug-likeness (QED) is 0.434. The van der Waals surface area contributed by atoms with Crippen molar-refractivity contribution in [1.29, 1.82) is 0 Å². The lowest BCUT2D eigenvalue weighted by Gasteiger charge is -2.22. The fraction of sp³-hybridized carbons (Fsp3) is 0.310. The first-order valence-electron chi connectivity index (χ1n) is 11.1. The Morgan fingerprint density at radius 2 is 1.33 bits per heavy atom. The Hall–Kier alpha value is -2.80. The number of anilines is 2. The number of hydrogen-bond acceptors (Lipinski definition) is 1. The summed E-state index contributed by atoms with van der Waals surface area (Å²) >= 11 is 0. The number of allylic oxidation sites excluding steroid dienone is 2. The minimum atomic E-state index is 0.0433. The first-order valence-corrected chi connectivity index (χ1v) is 11.1. The van der Waals surface area contributed by atoms with Crippen LogP contribution in [0.5, 0.6) is 0 Å². The second-order valence-electron chi connectivity index (χ2n) is 8.78. The van der Waals surface area contributed by atoms with E-state index in [-0.39, 0.29) is 5.41 Å². The lowest BCUT2D eigenvalue weighted by molar-refractivity contribution is 0.660. The van der Waals surface area contributed by atoms with Crippen LogP contribution in [0.15, 0.2) is 72.8 Å². The molecule has 0 saturated heterocycles. The molecule has 0 spiro atoms. The van der Waals surface area contributed by atoms with Gasteiger partial charge in [0.25, 0.3) is 0 Å². The number of nitrogens with one attached hydrogen (secondary N) is 1. The van der Waals surface area contributed by atoms with Crippen LogP contribution in [0.1, 0.15) is 62.8 Å². The molecule has 3 aromatic rings. The first-order chi connectivity index (χ1) is 14.4. The van der Waals surface area contributed by atoms with Crippen molar-refractivity contribution in [3.05, 3.63) is 95.1 Å². The highest BCUT2D eigenvalue weighted by Crippen LogP contribution is 2.49. The van der Waals surface area contributed by atoms with Crippen molar-refractivity contribution < 1.29 is 0 Å². The summed E-state index contributed by atoms with van der Waals surface area (Å²) in [5.41, 5.74) is 10.5. The normalized spacial score (nSPS) is 13.4. The summed E-state index contributed by atoms with van der Waals surface area (Å²) in [6.45, 7) is 13.2. The van der Waals surface area contributed by atoms with Gasteiger partial charge < -0.3 is 5.32 Å². The maximum Gasteiger partial charge on any atom is 0.0387 e. The van der Waals surface area contributed by atoms with Crippen LogP contribution in [0, 0.1) is 13.8 Å². The number of benzene rings is 3. The van der Waals surface area contributed by atoms with Gasteiger partial charge in [-0.3, -0.25) is 0 Å². The second-order valence-corrected chi connectivity index (χ2v) is 8.78. The zero-order valence-corrected chi connectivity index (χ0v) is 19.3. The smallest absolute Gasteiger partial charge is 0.0387 e.